The molecule has 0 saturated carbocycles. The lowest BCUT2D eigenvalue weighted by Gasteiger charge is -2.33. The Morgan fingerprint density at radius 3 is 2.38 bits per heavy atom. The van der Waals surface area contributed by atoms with Crippen LogP contribution in [0.25, 0.3) is 0 Å². The first kappa shape index (κ1) is 22.0. The van der Waals surface area contributed by atoms with Gasteiger partial charge in [-0.25, -0.2) is 8.42 Å². The molecule has 0 aromatic heterocycles. The molecule has 1 heterocycles. The average Bonchev–Trinajstić information content (AvgIpc) is 2.72. The van der Waals surface area contributed by atoms with Crippen LogP contribution < -0.4 is 0 Å². The summed E-state index contributed by atoms with van der Waals surface area (Å²) in [5.41, 5.74) is -0.383. The summed E-state index contributed by atoms with van der Waals surface area (Å²) in [5, 5.41) is 11.9. The molecule has 0 amide bonds. The summed E-state index contributed by atoms with van der Waals surface area (Å²) >= 11 is 7.87. The molecule has 0 N–H and O–H groups in total. The Kier molecular flexibility index (Phi) is 7.53. The van der Waals surface area contributed by atoms with Crippen LogP contribution in [-0.2, 0) is 10.0 Å². The van der Waals surface area contributed by atoms with Gasteiger partial charge in [-0.05, 0) is 36.9 Å². The van der Waals surface area contributed by atoms with Gasteiger partial charge in [0, 0.05) is 37.1 Å². The highest BCUT2D eigenvalue weighted by atomic mass is 35.5. The molecule has 1 fully saturated rings. The fourth-order valence-corrected chi connectivity index (χ4v) is 5.94. The van der Waals surface area contributed by atoms with Crippen LogP contribution in [0.2, 0.25) is 5.02 Å². The van der Waals surface area contributed by atoms with E-state index in [1.54, 1.807) is 11.8 Å². The van der Waals surface area contributed by atoms with Crippen molar-refractivity contribution < 1.29 is 13.3 Å². The molecular weight excluding hydrogens is 434 g/mol. The SMILES string of the molecule is O=[N+]([O-])c1ccccc1S(=O)(=O)N1CCN(CCCSc2ccccc2Cl)CC1. The monoisotopic (exact) mass is 455 g/mol. The third kappa shape index (κ3) is 5.49. The minimum atomic E-state index is -3.88. The summed E-state index contributed by atoms with van der Waals surface area (Å²) in [6, 6.07) is 13.2. The molecule has 0 atom stereocenters. The molecule has 0 aliphatic carbocycles. The molecule has 29 heavy (non-hydrogen) atoms. The maximum Gasteiger partial charge on any atom is 0.289 e. The number of nitro benzene ring substituents is 1. The van der Waals surface area contributed by atoms with Crippen LogP contribution in [0.15, 0.2) is 58.3 Å². The Morgan fingerprint density at radius 2 is 1.69 bits per heavy atom. The van der Waals surface area contributed by atoms with Crippen LogP contribution in [0, 0.1) is 10.1 Å². The lowest BCUT2D eigenvalue weighted by Crippen LogP contribution is -2.48. The normalized spacial score (nSPS) is 16.0. The summed E-state index contributed by atoms with van der Waals surface area (Å²) in [4.78, 5) is 13.6. The van der Waals surface area contributed by atoms with E-state index in [2.05, 4.69) is 4.90 Å². The van der Waals surface area contributed by atoms with Crippen LogP contribution in [0.5, 0.6) is 0 Å². The van der Waals surface area contributed by atoms with Crippen molar-refractivity contribution in [2.24, 2.45) is 0 Å². The van der Waals surface area contributed by atoms with Crippen molar-refractivity contribution in [2.75, 3.05) is 38.5 Å². The number of piperazine rings is 1. The molecule has 0 spiro atoms. The lowest BCUT2D eigenvalue weighted by molar-refractivity contribution is -0.387. The summed E-state index contributed by atoms with van der Waals surface area (Å²) in [5.74, 6) is 0.929. The molecular formula is C19H22ClN3O4S2. The topological polar surface area (TPSA) is 83.8 Å². The maximum atomic E-state index is 12.9. The first-order valence-corrected chi connectivity index (χ1v) is 12.0. The standard InChI is InChI=1S/C19H22ClN3O4S2/c20-16-6-1-3-8-18(16)28-15-5-10-21-11-13-22(14-12-21)29(26,27)19-9-4-2-7-17(19)23(24)25/h1-4,6-9H,5,10-15H2. The van der Waals surface area contributed by atoms with Crippen LogP contribution >= 0.6 is 23.4 Å². The zero-order valence-electron chi connectivity index (χ0n) is 15.7. The molecule has 0 radical (unpaired) electrons. The van der Waals surface area contributed by atoms with E-state index in [1.807, 2.05) is 24.3 Å². The van der Waals surface area contributed by atoms with Crippen LogP contribution in [0.1, 0.15) is 6.42 Å². The fourth-order valence-electron chi connectivity index (χ4n) is 3.19. The van der Waals surface area contributed by atoms with Crippen LogP contribution in [0.4, 0.5) is 5.69 Å². The Labute approximate surface area is 179 Å². The van der Waals surface area contributed by atoms with Gasteiger partial charge in [0.2, 0.25) is 10.0 Å². The number of nitro groups is 1. The van der Waals surface area contributed by atoms with E-state index in [1.165, 1.54) is 28.6 Å². The van der Waals surface area contributed by atoms with E-state index >= 15 is 0 Å². The molecule has 10 heteroatoms. The molecule has 2 aromatic rings. The Balaban J connectivity index is 1.50. The summed E-state index contributed by atoms with van der Waals surface area (Å²) in [6.07, 6.45) is 0.965. The van der Waals surface area contributed by atoms with Gasteiger partial charge < -0.3 is 4.90 Å². The highest BCUT2D eigenvalue weighted by molar-refractivity contribution is 7.99. The van der Waals surface area contributed by atoms with Crippen molar-refractivity contribution in [1.29, 1.82) is 0 Å². The molecule has 1 aliphatic rings. The smallest absolute Gasteiger partial charge is 0.289 e. The zero-order valence-corrected chi connectivity index (χ0v) is 18.1. The number of nitrogens with zero attached hydrogens (tertiary/aromatic N) is 3. The molecule has 7 nitrogen and oxygen atoms in total. The largest absolute Gasteiger partial charge is 0.301 e. The number of hydrogen-bond donors (Lipinski definition) is 0. The maximum absolute atomic E-state index is 12.9. The molecule has 1 aliphatic heterocycles. The van der Waals surface area contributed by atoms with Crippen molar-refractivity contribution in [3.05, 3.63) is 63.7 Å². The van der Waals surface area contributed by atoms with Gasteiger partial charge in [0.05, 0.1) is 9.95 Å². The van der Waals surface area contributed by atoms with E-state index < -0.39 is 14.9 Å². The quantitative estimate of drug-likeness (QED) is 0.261. The first-order chi connectivity index (χ1) is 13.9. The third-order valence-electron chi connectivity index (χ3n) is 4.72. The molecule has 2 aromatic carbocycles. The number of rotatable bonds is 8. The minimum absolute atomic E-state index is 0.241. The lowest BCUT2D eigenvalue weighted by atomic mass is 10.3. The summed E-state index contributed by atoms with van der Waals surface area (Å²) < 4.78 is 27.0. The highest BCUT2D eigenvalue weighted by Gasteiger charge is 2.33. The van der Waals surface area contributed by atoms with Gasteiger partial charge in [0.1, 0.15) is 0 Å². The fraction of sp³-hybridized carbons (Fsp3) is 0.368. The predicted octanol–water partition coefficient (Wildman–Crippen LogP) is 3.74. The molecule has 156 valence electrons. The number of thioether (sulfide) groups is 1. The Morgan fingerprint density at radius 1 is 1.03 bits per heavy atom. The van der Waals surface area contributed by atoms with Crippen molar-refractivity contribution in [3.63, 3.8) is 0 Å². The van der Waals surface area contributed by atoms with Gasteiger partial charge in [0.25, 0.3) is 5.69 Å². The van der Waals surface area contributed by atoms with E-state index in [-0.39, 0.29) is 10.6 Å². The van der Waals surface area contributed by atoms with E-state index in [0.29, 0.717) is 26.2 Å². The molecule has 0 unspecified atom stereocenters. The highest BCUT2D eigenvalue weighted by Crippen LogP contribution is 2.28. The van der Waals surface area contributed by atoms with E-state index in [9.17, 15) is 18.5 Å². The van der Waals surface area contributed by atoms with Gasteiger partial charge in [0.15, 0.2) is 4.90 Å². The second-order valence-corrected chi connectivity index (χ2v) is 10.1. The number of benzene rings is 2. The molecule has 1 saturated heterocycles. The van der Waals surface area contributed by atoms with Crippen molar-refractivity contribution >= 4 is 39.1 Å². The third-order valence-corrected chi connectivity index (χ3v) is 8.27. The Bertz CT molecular complexity index is 963. The zero-order chi connectivity index (χ0) is 20.9. The second-order valence-electron chi connectivity index (χ2n) is 6.60. The van der Waals surface area contributed by atoms with Gasteiger partial charge in [-0.15, -0.1) is 11.8 Å². The van der Waals surface area contributed by atoms with E-state index in [4.69, 9.17) is 11.6 Å². The van der Waals surface area contributed by atoms with Gasteiger partial charge in [-0.1, -0.05) is 35.9 Å². The minimum Gasteiger partial charge on any atom is -0.301 e. The van der Waals surface area contributed by atoms with Crippen LogP contribution in [0.3, 0.4) is 0 Å². The first-order valence-electron chi connectivity index (χ1n) is 9.23. The summed E-state index contributed by atoms with van der Waals surface area (Å²) in [7, 11) is -3.88. The van der Waals surface area contributed by atoms with Gasteiger partial charge in [-0.2, -0.15) is 4.31 Å². The van der Waals surface area contributed by atoms with Crippen LogP contribution in [-0.4, -0.2) is 61.0 Å². The van der Waals surface area contributed by atoms with E-state index in [0.717, 1.165) is 28.6 Å². The second kappa shape index (κ2) is 9.90. The number of sulfonamides is 1. The van der Waals surface area contributed by atoms with Crippen molar-refractivity contribution in [3.8, 4) is 0 Å². The average molecular weight is 456 g/mol. The number of halogens is 1. The van der Waals surface area contributed by atoms with Gasteiger partial charge >= 0.3 is 0 Å². The number of hydrogen-bond acceptors (Lipinski definition) is 6. The summed E-state index contributed by atoms with van der Waals surface area (Å²) in [6.45, 7) is 2.74. The van der Waals surface area contributed by atoms with Crippen molar-refractivity contribution in [2.45, 2.75) is 16.2 Å². The molecule has 0 bridgehead atoms. The van der Waals surface area contributed by atoms with Gasteiger partial charge in [-0.3, -0.25) is 10.1 Å². The number of para-hydroxylation sites is 1. The Hall–Kier alpha value is -1.65. The molecule has 3 rings (SSSR count). The van der Waals surface area contributed by atoms with Crippen molar-refractivity contribution in [1.82, 2.24) is 9.21 Å². The predicted molar refractivity (Wildman–Crippen MR) is 115 cm³/mol.